The molecule has 6 aromatic carbocycles. The van der Waals surface area contributed by atoms with E-state index < -0.39 is 0 Å². The van der Waals surface area contributed by atoms with Crippen molar-refractivity contribution >= 4 is 38.4 Å². The molecule has 2 aromatic heterocycles. The van der Waals surface area contributed by atoms with E-state index in [-0.39, 0.29) is 0 Å². The summed E-state index contributed by atoms with van der Waals surface area (Å²) in [4.78, 5) is 18.6. The predicted molar refractivity (Wildman–Crippen MR) is 221 cm³/mol. The fraction of sp³-hybridized carbons (Fsp3) is 0.0625. The number of rotatable bonds is 5. The van der Waals surface area contributed by atoms with Crippen LogP contribution in [-0.4, -0.2) is 15.0 Å². The Morgan fingerprint density at radius 3 is 1.77 bits per heavy atom. The molecule has 1 aliphatic carbocycles. The Bertz CT molecular complexity index is 2640. The molecule has 0 spiro atoms. The molecule has 5 heteroatoms. The molecule has 0 bridgehead atoms. The second kappa shape index (κ2) is 13.0. The summed E-state index contributed by atoms with van der Waals surface area (Å²) in [6, 6.07) is 55.6. The molecule has 2 aliphatic rings. The second-order valence-electron chi connectivity index (χ2n) is 13.7. The van der Waals surface area contributed by atoms with Gasteiger partial charge in [-0.1, -0.05) is 146 Å². The van der Waals surface area contributed by atoms with E-state index in [2.05, 4.69) is 121 Å². The van der Waals surface area contributed by atoms with Gasteiger partial charge in [0.15, 0.2) is 17.5 Å². The van der Waals surface area contributed by atoms with E-state index in [4.69, 9.17) is 15.0 Å². The molecule has 3 heterocycles. The van der Waals surface area contributed by atoms with Crippen molar-refractivity contribution in [2.75, 3.05) is 4.90 Å². The van der Waals surface area contributed by atoms with Crippen LogP contribution in [-0.2, 0) is 0 Å². The molecule has 252 valence electrons. The minimum absolute atomic E-state index is 0.463. The molecule has 0 saturated carbocycles. The molecule has 0 saturated heterocycles. The van der Waals surface area contributed by atoms with Gasteiger partial charge in [-0.15, -0.1) is 11.3 Å². The maximum absolute atomic E-state index is 4.95. The van der Waals surface area contributed by atoms with Crippen molar-refractivity contribution in [1.29, 1.82) is 0 Å². The van der Waals surface area contributed by atoms with E-state index in [1.165, 1.54) is 54.3 Å². The van der Waals surface area contributed by atoms with E-state index in [9.17, 15) is 0 Å². The molecule has 0 fully saturated rings. The molecule has 0 radical (unpaired) electrons. The fourth-order valence-corrected chi connectivity index (χ4v) is 8.88. The van der Waals surface area contributed by atoms with E-state index in [0.717, 1.165) is 28.7 Å². The van der Waals surface area contributed by atoms with E-state index in [1.54, 1.807) is 0 Å². The van der Waals surface area contributed by atoms with Gasteiger partial charge in [-0.25, -0.2) is 15.0 Å². The summed E-state index contributed by atoms with van der Waals surface area (Å²) in [5.41, 5.74) is 12.9. The van der Waals surface area contributed by atoms with Gasteiger partial charge in [0.25, 0.3) is 0 Å². The summed E-state index contributed by atoms with van der Waals surface area (Å²) in [6.07, 6.45) is 5.73. The summed E-state index contributed by atoms with van der Waals surface area (Å²) in [6.45, 7) is 2.31. The summed E-state index contributed by atoms with van der Waals surface area (Å²) in [5.74, 6) is 2.44. The van der Waals surface area contributed by atoms with Gasteiger partial charge < -0.3 is 4.90 Å². The van der Waals surface area contributed by atoms with Crippen molar-refractivity contribution in [3.05, 3.63) is 180 Å². The van der Waals surface area contributed by atoms with Crippen LogP contribution in [0, 0.1) is 5.92 Å². The minimum Gasteiger partial charge on any atom is -0.313 e. The van der Waals surface area contributed by atoms with Crippen molar-refractivity contribution < 1.29 is 0 Å². The number of fused-ring (bicyclic) bond motifs is 6. The lowest BCUT2D eigenvalue weighted by Gasteiger charge is -2.32. The van der Waals surface area contributed by atoms with Crippen LogP contribution in [0.1, 0.15) is 18.2 Å². The predicted octanol–water partition coefficient (Wildman–Crippen LogP) is 12.9. The van der Waals surface area contributed by atoms with Crippen LogP contribution in [0.3, 0.4) is 0 Å². The Labute approximate surface area is 313 Å². The number of anilines is 2. The molecule has 0 N–H and O–H groups in total. The van der Waals surface area contributed by atoms with Crippen LogP contribution in [0.4, 0.5) is 11.4 Å². The summed E-state index contributed by atoms with van der Waals surface area (Å²) < 4.78 is 1.30. The normalized spacial score (nSPS) is 14.8. The summed E-state index contributed by atoms with van der Waals surface area (Å²) in [7, 11) is 0. The first kappa shape index (κ1) is 31.3. The Balaban J connectivity index is 1.08. The summed E-state index contributed by atoms with van der Waals surface area (Å²) in [5, 5.41) is 1.28. The van der Waals surface area contributed by atoms with Gasteiger partial charge >= 0.3 is 0 Å². The SMILES string of the molecule is CC1C=CC2=C(C1)N(c1ccccc1)c1ccccc1-c1c2sc2ccc(-c3ccc(-c4nc(-c5ccccc5)nc(-c5ccccc5)n4)cc3)cc12. The van der Waals surface area contributed by atoms with Crippen molar-refractivity contribution in [3.8, 4) is 56.4 Å². The standard InChI is InChI=1S/C48H34N4S/c1-31-21-27-39-42(29-31)52(37-17-9-4-10-18-37)41-20-12-11-19-38(41)44-40-30-36(26-28-43(40)53-45(39)44)32-22-24-35(25-23-32)48-50-46(33-13-5-2-6-14-33)49-47(51-48)34-15-7-3-8-16-34/h2-28,30-31H,29H2,1H3. The fourth-order valence-electron chi connectivity index (χ4n) is 7.64. The molecule has 1 aliphatic heterocycles. The highest BCUT2D eigenvalue weighted by molar-refractivity contribution is 7.20. The lowest BCUT2D eigenvalue weighted by molar-refractivity contribution is 0.700. The number of nitrogens with zero attached hydrogens (tertiary/aromatic N) is 4. The maximum atomic E-state index is 4.95. The number of hydrogen-bond donors (Lipinski definition) is 0. The average molecular weight is 699 g/mol. The first-order valence-corrected chi connectivity index (χ1v) is 18.9. The summed E-state index contributed by atoms with van der Waals surface area (Å²) >= 11 is 1.91. The highest BCUT2D eigenvalue weighted by Crippen LogP contribution is 2.54. The Kier molecular flexibility index (Phi) is 7.66. The quantitative estimate of drug-likeness (QED) is 0.179. The van der Waals surface area contributed by atoms with E-state index in [1.807, 2.05) is 72.0 Å². The van der Waals surface area contributed by atoms with Crippen LogP contribution < -0.4 is 4.90 Å². The zero-order valence-corrected chi connectivity index (χ0v) is 30.0. The van der Waals surface area contributed by atoms with Crippen molar-refractivity contribution in [1.82, 2.24) is 15.0 Å². The topological polar surface area (TPSA) is 41.9 Å². The van der Waals surface area contributed by atoms with Crippen molar-refractivity contribution in [2.45, 2.75) is 13.3 Å². The zero-order chi connectivity index (χ0) is 35.3. The lowest BCUT2D eigenvalue weighted by Crippen LogP contribution is -2.20. The third kappa shape index (κ3) is 5.57. The van der Waals surface area contributed by atoms with Gasteiger partial charge in [0.1, 0.15) is 0 Å². The number of allylic oxidation sites excluding steroid dienone is 4. The van der Waals surface area contributed by atoms with Gasteiger partial charge in [0, 0.05) is 59.7 Å². The monoisotopic (exact) mass is 698 g/mol. The van der Waals surface area contributed by atoms with E-state index >= 15 is 0 Å². The van der Waals surface area contributed by atoms with Crippen LogP contribution in [0.25, 0.3) is 72.1 Å². The minimum atomic E-state index is 0.463. The van der Waals surface area contributed by atoms with Crippen LogP contribution in [0.15, 0.2) is 176 Å². The van der Waals surface area contributed by atoms with Gasteiger partial charge in [-0.2, -0.15) is 0 Å². The lowest BCUT2D eigenvalue weighted by atomic mass is 9.92. The number of hydrogen-bond acceptors (Lipinski definition) is 5. The molecule has 10 rings (SSSR count). The van der Waals surface area contributed by atoms with Gasteiger partial charge in [-0.05, 0) is 53.8 Å². The number of aromatic nitrogens is 3. The van der Waals surface area contributed by atoms with Gasteiger partial charge in [0.2, 0.25) is 0 Å². The van der Waals surface area contributed by atoms with Crippen LogP contribution in [0.5, 0.6) is 0 Å². The molecule has 8 aromatic rings. The van der Waals surface area contributed by atoms with Gasteiger partial charge in [0.05, 0.1) is 5.69 Å². The third-order valence-electron chi connectivity index (χ3n) is 10.2. The third-order valence-corrected chi connectivity index (χ3v) is 11.4. The molecular weight excluding hydrogens is 665 g/mol. The first-order chi connectivity index (χ1) is 26.2. The highest BCUT2D eigenvalue weighted by Gasteiger charge is 2.32. The molecule has 4 nitrogen and oxygen atoms in total. The Morgan fingerprint density at radius 1 is 0.566 bits per heavy atom. The van der Waals surface area contributed by atoms with Crippen LogP contribution >= 0.6 is 11.3 Å². The average Bonchev–Trinajstić information content (AvgIpc) is 3.55. The number of thiophene rings is 1. The molecule has 1 atom stereocenters. The largest absolute Gasteiger partial charge is 0.313 e. The van der Waals surface area contributed by atoms with Gasteiger partial charge in [-0.3, -0.25) is 0 Å². The molecule has 53 heavy (non-hydrogen) atoms. The molecular formula is C48H34N4S. The highest BCUT2D eigenvalue weighted by atomic mass is 32.1. The smallest absolute Gasteiger partial charge is 0.164 e. The second-order valence-corrected chi connectivity index (χ2v) is 14.8. The Hall–Kier alpha value is -6.43. The number of benzene rings is 6. The van der Waals surface area contributed by atoms with Crippen LogP contribution in [0.2, 0.25) is 0 Å². The Morgan fingerprint density at radius 2 is 1.11 bits per heavy atom. The molecule has 0 amide bonds. The zero-order valence-electron chi connectivity index (χ0n) is 29.1. The van der Waals surface area contributed by atoms with Crippen molar-refractivity contribution in [3.63, 3.8) is 0 Å². The number of para-hydroxylation sites is 2. The van der Waals surface area contributed by atoms with Crippen molar-refractivity contribution in [2.24, 2.45) is 5.92 Å². The van der Waals surface area contributed by atoms with E-state index in [0.29, 0.717) is 23.4 Å². The molecule has 1 unspecified atom stereocenters. The maximum Gasteiger partial charge on any atom is 0.164 e. The first-order valence-electron chi connectivity index (χ1n) is 18.1.